The SMILES string of the molecule is Cc1noc(C)c1COc1ccccc1C(=O)NC(C)c1ccc2c(c1)OCO2. The molecule has 2 heterocycles. The second-order valence-corrected chi connectivity index (χ2v) is 6.90. The van der Waals surface area contributed by atoms with E-state index >= 15 is 0 Å². The highest BCUT2D eigenvalue weighted by molar-refractivity contribution is 5.97. The molecule has 1 N–H and O–H groups in total. The molecule has 7 heteroatoms. The number of ether oxygens (including phenoxy) is 3. The van der Waals surface area contributed by atoms with Crippen molar-refractivity contribution in [1.82, 2.24) is 10.5 Å². The summed E-state index contributed by atoms with van der Waals surface area (Å²) < 4.78 is 21.8. The van der Waals surface area contributed by atoms with Gasteiger partial charge in [0.1, 0.15) is 18.1 Å². The van der Waals surface area contributed by atoms with Gasteiger partial charge in [-0.25, -0.2) is 0 Å². The standard InChI is InChI=1S/C22H22N2O5/c1-13(16-8-9-20-21(10-16)28-12-27-20)23-22(25)17-6-4-5-7-19(17)26-11-18-14(2)24-29-15(18)3/h4-10,13H,11-12H2,1-3H3,(H,23,25). The Balaban J connectivity index is 1.47. The van der Waals surface area contributed by atoms with Gasteiger partial charge in [0, 0.05) is 0 Å². The number of hydrogen-bond acceptors (Lipinski definition) is 6. The maximum atomic E-state index is 12.9. The zero-order valence-electron chi connectivity index (χ0n) is 16.5. The van der Waals surface area contributed by atoms with E-state index in [2.05, 4.69) is 10.5 Å². The summed E-state index contributed by atoms with van der Waals surface area (Å²) in [5.74, 6) is 2.39. The topological polar surface area (TPSA) is 82.8 Å². The highest BCUT2D eigenvalue weighted by Gasteiger charge is 2.19. The number of nitrogens with one attached hydrogen (secondary N) is 1. The second-order valence-electron chi connectivity index (χ2n) is 6.90. The lowest BCUT2D eigenvalue weighted by Gasteiger charge is -2.17. The zero-order chi connectivity index (χ0) is 20.4. The molecule has 29 heavy (non-hydrogen) atoms. The van der Waals surface area contributed by atoms with E-state index in [0.717, 1.165) is 16.8 Å². The largest absolute Gasteiger partial charge is 0.488 e. The van der Waals surface area contributed by atoms with Crippen LogP contribution >= 0.6 is 0 Å². The summed E-state index contributed by atoms with van der Waals surface area (Å²) in [6.07, 6.45) is 0. The molecule has 0 fully saturated rings. The third-order valence-electron chi connectivity index (χ3n) is 4.93. The normalized spacial score (nSPS) is 13.2. The monoisotopic (exact) mass is 394 g/mol. The fourth-order valence-electron chi connectivity index (χ4n) is 3.18. The van der Waals surface area contributed by atoms with Gasteiger partial charge in [-0.1, -0.05) is 23.4 Å². The molecular formula is C22H22N2O5. The van der Waals surface area contributed by atoms with Crippen molar-refractivity contribution in [2.45, 2.75) is 33.4 Å². The molecule has 4 rings (SSSR count). The quantitative estimate of drug-likeness (QED) is 0.678. The number of carbonyl (C=O) groups is 1. The Morgan fingerprint density at radius 1 is 1.17 bits per heavy atom. The summed E-state index contributed by atoms with van der Waals surface area (Å²) in [6, 6.07) is 12.6. The lowest BCUT2D eigenvalue weighted by Crippen LogP contribution is -2.27. The van der Waals surface area contributed by atoms with Gasteiger partial charge in [0.15, 0.2) is 11.5 Å². The van der Waals surface area contributed by atoms with Gasteiger partial charge in [0.05, 0.1) is 22.9 Å². The maximum absolute atomic E-state index is 12.9. The first kappa shape index (κ1) is 18.9. The fourth-order valence-corrected chi connectivity index (χ4v) is 3.18. The number of fused-ring (bicyclic) bond motifs is 1. The van der Waals surface area contributed by atoms with E-state index in [-0.39, 0.29) is 25.3 Å². The molecule has 2 aromatic carbocycles. The van der Waals surface area contributed by atoms with Crippen molar-refractivity contribution in [2.75, 3.05) is 6.79 Å². The van der Waals surface area contributed by atoms with E-state index in [4.69, 9.17) is 18.7 Å². The molecule has 150 valence electrons. The van der Waals surface area contributed by atoms with Gasteiger partial charge in [-0.3, -0.25) is 4.79 Å². The molecule has 1 atom stereocenters. The fraction of sp³-hybridized carbons (Fsp3) is 0.273. The Labute approximate surface area is 168 Å². The van der Waals surface area contributed by atoms with Crippen LogP contribution in [0.4, 0.5) is 0 Å². The highest BCUT2D eigenvalue weighted by atomic mass is 16.7. The van der Waals surface area contributed by atoms with Crippen molar-refractivity contribution < 1.29 is 23.5 Å². The van der Waals surface area contributed by atoms with E-state index in [1.807, 2.05) is 51.1 Å². The van der Waals surface area contributed by atoms with Crippen molar-refractivity contribution in [2.24, 2.45) is 0 Å². The summed E-state index contributed by atoms with van der Waals surface area (Å²) >= 11 is 0. The number of nitrogens with zero attached hydrogens (tertiary/aromatic N) is 1. The van der Waals surface area contributed by atoms with Gasteiger partial charge in [-0.15, -0.1) is 0 Å². The first-order chi connectivity index (χ1) is 14.0. The van der Waals surface area contributed by atoms with Crippen molar-refractivity contribution in [1.29, 1.82) is 0 Å². The second kappa shape index (κ2) is 7.87. The van der Waals surface area contributed by atoms with E-state index in [1.54, 1.807) is 12.1 Å². The van der Waals surface area contributed by atoms with Gasteiger partial charge in [0.25, 0.3) is 5.91 Å². The summed E-state index contributed by atoms with van der Waals surface area (Å²) in [5.41, 5.74) is 3.05. The molecule has 0 saturated heterocycles. The first-order valence-electron chi connectivity index (χ1n) is 9.37. The Hall–Kier alpha value is -3.48. The molecule has 1 aliphatic heterocycles. The van der Waals surface area contributed by atoms with Crippen molar-refractivity contribution >= 4 is 5.91 Å². The maximum Gasteiger partial charge on any atom is 0.255 e. The molecule has 1 aliphatic rings. The summed E-state index contributed by atoms with van der Waals surface area (Å²) in [6.45, 7) is 6.12. The minimum absolute atomic E-state index is 0.215. The van der Waals surface area contributed by atoms with E-state index in [1.165, 1.54) is 0 Å². The van der Waals surface area contributed by atoms with Crippen LogP contribution in [0.25, 0.3) is 0 Å². The predicted molar refractivity (Wildman–Crippen MR) is 105 cm³/mol. The number of aryl methyl sites for hydroxylation is 2. The van der Waals surface area contributed by atoms with Crippen LogP contribution in [0.3, 0.4) is 0 Å². The van der Waals surface area contributed by atoms with Crippen LogP contribution in [0.2, 0.25) is 0 Å². The van der Waals surface area contributed by atoms with Crippen LogP contribution in [0.5, 0.6) is 17.2 Å². The molecule has 0 spiro atoms. The average Bonchev–Trinajstić information content (AvgIpc) is 3.32. The average molecular weight is 394 g/mol. The van der Waals surface area contributed by atoms with Crippen LogP contribution in [-0.2, 0) is 6.61 Å². The molecule has 1 unspecified atom stereocenters. The predicted octanol–water partition coefficient (Wildman–Crippen LogP) is 4.09. The van der Waals surface area contributed by atoms with Crippen LogP contribution in [0, 0.1) is 13.8 Å². The Kier molecular flexibility index (Phi) is 5.12. The number of rotatable bonds is 6. The van der Waals surface area contributed by atoms with Crippen molar-refractivity contribution in [3.8, 4) is 17.2 Å². The number of carbonyl (C=O) groups excluding carboxylic acids is 1. The van der Waals surface area contributed by atoms with Crippen molar-refractivity contribution in [3.63, 3.8) is 0 Å². The third kappa shape index (κ3) is 3.89. The van der Waals surface area contributed by atoms with Crippen LogP contribution in [0.1, 0.15) is 45.9 Å². The highest BCUT2D eigenvalue weighted by Crippen LogP contribution is 2.34. The van der Waals surface area contributed by atoms with Gasteiger partial charge >= 0.3 is 0 Å². The Bertz CT molecular complexity index is 1020. The molecule has 0 radical (unpaired) electrons. The molecule has 7 nitrogen and oxygen atoms in total. The Morgan fingerprint density at radius 3 is 2.76 bits per heavy atom. The minimum atomic E-state index is -0.218. The number of amides is 1. The van der Waals surface area contributed by atoms with Gasteiger partial charge in [-0.2, -0.15) is 0 Å². The summed E-state index contributed by atoms with van der Waals surface area (Å²) in [7, 11) is 0. The first-order valence-corrected chi connectivity index (χ1v) is 9.37. The smallest absolute Gasteiger partial charge is 0.255 e. The zero-order valence-corrected chi connectivity index (χ0v) is 16.5. The van der Waals surface area contributed by atoms with Crippen molar-refractivity contribution in [3.05, 3.63) is 70.6 Å². The molecular weight excluding hydrogens is 372 g/mol. The van der Waals surface area contributed by atoms with Gasteiger partial charge in [-0.05, 0) is 50.6 Å². The lowest BCUT2D eigenvalue weighted by atomic mass is 10.1. The number of aromatic nitrogens is 1. The van der Waals surface area contributed by atoms with Crippen LogP contribution < -0.4 is 19.5 Å². The molecule has 1 amide bonds. The molecule has 0 bridgehead atoms. The van der Waals surface area contributed by atoms with Gasteiger partial charge in [0.2, 0.25) is 6.79 Å². The minimum Gasteiger partial charge on any atom is -0.488 e. The number of hydrogen-bond donors (Lipinski definition) is 1. The number of para-hydroxylation sites is 1. The van der Waals surface area contributed by atoms with Gasteiger partial charge < -0.3 is 24.1 Å². The number of benzene rings is 2. The molecule has 0 saturated carbocycles. The van der Waals surface area contributed by atoms with Crippen LogP contribution in [0.15, 0.2) is 47.0 Å². The van der Waals surface area contributed by atoms with Crippen LogP contribution in [-0.4, -0.2) is 17.9 Å². The summed E-state index contributed by atoms with van der Waals surface area (Å²) in [5, 5.41) is 6.94. The molecule has 0 aliphatic carbocycles. The molecule has 3 aromatic rings. The Morgan fingerprint density at radius 2 is 1.97 bits per heavy atom. The van der Waals surface area contributed by atoms with E-state index in [9.17, 15) is 4.79 Å². The lowest BCUT2D eigenvalue weighted by molar-refractivity contribution is 0.0935. The van der Waals surface area contributed by atoms with E-state index < -0.39 is 0 Å². The molecule has 1 aromatic heterocycles. The summed E-state index contributed by atoms with van der Waals surface area (Å²) in [4.78, 5) is 12.9. The van der Waals surface area contributed by atoms with E-state index in [0.29, 0.717) is 28.6 Å². The third-order valence-corrected chi connectivity index (χ3v) is 4.93.